The molecule has 1 heterocycles. The first-order valence-electron chi connectivity index (χ1n) is 9.81. The Labute approximate surface area is 161 Å². The van der Waals surface area contributed by atoms with Crippen molar-refractivity contribution >= 4 is 17.4 Å². The van der Waals surface area contributed by atoms with Gasteiger partial charge in [0.05, 0.1) is 0 Å². The number of carbonyl (C=O) groups excluding carboxylic acids is 2. The molecule has 1 amide bonds. The Balaban J connectivity index is 1.49. The summed E-state index contributed by atoms with van der Waals surface area (Å²) in [6.07, 6.45) is 4.29. The van der Waals surface area contributed by atoms with Crippen molar-refractivity contribution in [3.05, 3.63) is 65.2 Å². The third-order valence-corrected chi connectivity index (χ3v) is 5.02. The summed E-state index contributed by atoms with van der Waals surface area (Å²) < 4.78 is 0. The molecular formula is C23H28N2O2. The van der Waals surface area contributed by atoms with E-state index in [0.29, 0.717) is 5.56 Å². The van der Waals surface area contributed by atoms with Gasteiger partial charge in [0.2, 0.25) is 5.91 Å². The first kappa shape index (κ1) is 19.3. The van der Waals surface area contributed by atoms with Crippen LogP contribution in [0, 0.1) is 6.92 Å². The summed E-state index contributed by atoms with van der Waals surface area (Å²) >= 11 is 0. The molecule has 0 atom stereocenters. The highest BCUT2D eigenvalue weighted by Gasteiger charge is 2.12. The van der Waals surface area contributed by atoms with Crippen LogP contribution in [0.1, 0.15) is 53.6 Å². The Bertz CT molecular complexity index is 777. The second-order valence-corrected chi connectivity index (χ2v) is 7.37. The predicted octanol–water partition coefficient (Wildman–Crippen LogP) is 4.58. The largest absolute Gasteiger partial charge is 0.326 e. The molecule has 1 fully saturated rings. The van der Waals surface area contributed by atoms with Crippen LogP contribution in [0.15, 0.2) is 48.5 Å². The van der Waals surface area contributed by atoms with Crippen LogP contribution in [0.3, 0.4) is 0 Å². The Morgan fingerprint density at radius 3 is 2.44 bits per heavy atom. The van der Waals surface area contributed by atoms with Gasteiger partial charge in [-0.25, -0.2) is 0 Å². The highest BCUT2D eigenvalue weighted by Crippen LogP contribution is 2.17. The minimum atomic E-state index is -0.120. The van der Waals surface area contributed by atoms with E-state index in [4.69, 9.17) is 0 Å². The van der Waals surface area contributed by atoms with E-state index in [-0.39, 0.29) is 24.5 Å². The van der Waals surface area contributed by atoms with Crippen LogP contribution in [0.2, 0.25) is 0 Å². The molecule has 4 heteroatoms. The van der Waals surface area contributed by atoms with Crippen molar-refractivity contribution in [2.45, 2.75) is 45.6 Å². The topological polar surface area (TPSA) is 49.4 Å². The molecule has 1 aliphatic rings. The molecule has 3 rings (SSSR count). The molecule has 2 aromatic carbocycles. The van der Waals surface area contributed by atoms with Crippen molar-refractivity contribution in [2.24, 2.45) is 0 Å². The van der Waals surface area contributed by atoms with Gasteiger partial charge in [-0.1, -0.05) is 48.4 Å². The SMILES string of the molecule is Cc1ccc(C(=O)CCC(=O)Nc2cccc(CN3CCCCC3)c2)cc1. The highest BCUT2D eigenvalue weighted by molar-refractivity contribution is 6.00. The van der Waals surface area contributed by atoms with Crippen LogP contribution < -0.4 is 5.32 Å². The first-order chi connectivity index (χ1) is 13.1. The fourth-order valence-corrected chi connectivity index (χ4v) is 3.46. The summed E-state index contributed by atoms with van der Waals surface area (Å²) in [4.78, 5) is 26.9. The van der Waals surface area contributed by atoms with Crippen LogP contribution in [-0.4, -0.2) is 29.7 Å². The van der Waals surface area contributed by atoms with Gasteiger partial charge < -0.3 is 5.32 Å². The zero-order chi connectivity index (χ0) is 19.1. The van der Waals surface area contributed by atoms with Crippen molar-refractivity contribution in [3.63, 3.8) is 0 Å². The quantitative estimate of drug-likeness (QED) is 0.732. The molecular weight excluding hydrogens is 336 g/mol. The van der Waals surface area contributed by atoms with E-state index in [1.807, 2.05) is 49.4 Å². The number of Topliss-reactive ketones (excluding diaryl/α,β-unsaturated/α-hetero) is 1. The molecule has 0 radical (unpaired) electrons. The number of benzene rings is 2. The number of aryl methyl sites for hydroxylation is 1. The number of nitrogens with one attached hydrogen (secondary N) is 1. The normalized spacial score (nSPS) is 14.7. The van der Waals surface area contributed by atoms with Crippen LogP contribution in [0.4, 0.5) is 5.69 Å². The van der Waals surface area contributed by atoms with Crippen molar-refractivity contribution in [1.29, 1.82) is 0 Å². The van der Waals surface area contributed by atoms with E-state index in [1.165, 1.54) is 24.8 Å². The Morgan fingerprint density at radius 2 is 1.70 bits per heavy atom. The molecule has 1 N–H and O–H groups in total. The molecule has 4 nitrogen and oxygen atoms in total. The molecule has 0 aliphatic carbocycles. The summed E-state index contributed by atoms with van der Waals surface area (Å²) in [5.41, 5.74) is 3.80. The molecule has 1 aliphatic heterocycles. The molecule has 0 spiro atoms. The number of nitrogens with zero attached hydrogens (tertiary/aromatic N) is 1. The molecule has 27 heavy (non-hydrogen) atoms. The molecule has 1 saturated heterocycles. The fraction of sp³-hybridized carbons (Fsp3) is 0.391. The lowest BCUT2D eigenvalue weighted by molar-refractivity contribution is -0.116. The Hall–Kier alpha value is -2.46. The standard InChI is InChI=1S/C23H28N2O2/c1-18-8-10-20(11-9-18)22(26)12-13-23(27)24-21-7-5-6-19(16-21)17-25-14-3-2-4-15-25/h5-11,16H,2-4,12-15,17H2,1H3,(H,24,27). The maximum atomic E-state index is 12.2. The third-order valence-electron chi connectivity index (χ3n) is 5.02. The maximum absolute atomic E-state index is 12.2. The van der Waals surface area contributed by atoms with Gasteiger partial charge in [0.25, 0.3) is 0 Å². The van der Waals surface area contributed by atoms with Crippen LogP contribution in [0.25, 0.3) is 0 Å². The number of carbonyl (C=O) groups is 2. The third kappa shape index (κ3) is 6.04. The second kappa shape index (κ2) is 9.47. The maximum Gasteiger partial charge on any atom is 0.224 e. The number of anilines is 1. The monoisotopic (exact) mass is 364 g/mol. The van der Waals surface area contributed by atoms with Gasteiger partial charge >= 0.3 is 0 Å². The molecule has 142 valence electrons. The number of rotatable bonds is 7. The Morgan fingerprint density at radius 1 is 0.963 bits per heavy atom. The average molecular weight is 364 g/mol. The van der Waals surface area contributed by atoms with Crippen molar-refractivity contribution in [1.82, 2.24) is 4.90 Å². The van der Waals surface area contributed by atoms with Gasteiger partial charge in [-0.2, -0.15) is 0 Å². The second-order valence-electron chi connectivity index (χ2n) is 7.37. The van der Waals surface area contributed by atoms with Crippen LogP contribution in [-0.2, 0) is 11.3 Å². The number of ketones is 1. The minimum absolute atomic E-state index is 0.00370. The number of likely N-dealkylation sites (tertiary alicyclic amines) is 1. The van der Waals surface area contributed by atoms with Gasteiger partial charge in [0, 0.05) is 30.6 Å². The van der Waals surface area contributed by atoms with Gasteiger partial charge in [-0.15, -0.1) is 0 Å². The predicted molar refractivity (Wildman–Crippen MR) is 109 cm³/mol. The molecule has 0 aromatic heterocycles. The smallest absolute Gasteiger partial charge is 0.224 e. The molecule has 0 bridgehead atoms. The van der Waals surface area contributed by atoms with Gasteiger partial charge in [-0.3, -0.25) is 14.5 Å². The number of hydrogen-bond acceptors (Lipinski definition) is 3. The van der Waals surface area contributed by atoms with Gasteiger partial charge in [0.1, 0.15) is 0 Å². The van der Waals surface area contributed by atoms with Crippen molar-refractivity contribution in [2.75, 3.05) is 18.4 Å². The lowest BCUT2D eigenvalue weighted by Crippen LogP contribution is -2.29. The van der Waals surface area contributed by atoms with Crippen LogP contribution in [0.5, 0.6) is 0 Å². The summed E-state index contributed by atoms with van der Waals surface area (Å²) in [6, 6.07) is 15.5. The van der Waals surface area contributed by atoms with Crippen LogP contribution >= 0.6 is 0 Å². The zero-order valence-electron chi connectivity index (χ0n) is 16.0. The average Bonchev–Trinajstić information content (AvgIpc) is 2.68. The van der Waals surface area contributed by atoms with Crippen molar-refractivity contribution < 1.29 is 9.59 Å². The molecule has 2 aromatic rings. The van der Waals surface area contributed by atoms with E-state index in [0.717, 1.165) is 30.9 Å². The Kier molecular flexibility index (Phi) is 6.77. The van der Waals surface area contributed by atoms with E-state index in [1.54, 1.807) is 0 Å². The fourth-order valence-electron chi connectivity index (χ4n) is 3.46. The number of hydrogen-bond donors (Lipinski definition) is 1. The summed E-state index contributed by atoms with van der Waals surface area (Å²) in [5, 5.41) is 2.93. The zero-order valence-corrected chi connectivity index (χ0v) is 16.0. The summed E-state index contributed by atoms with van der Waals surface area (Å²) in [6.45, 7) is 5.21. The van der Waals surface area contributed by atoms with Crippen molar-refractivity contribution in [3.8, 4) is 0 Å². The first-order valence-corrected chi connectivity index (χ1v) is 9.81. The summed E-state index contributed by atoms with van der Waals surface area (Å²) in [5.74, 6) is -0.116. The van der Waals surface area contributed by atoms with E-state index in [9.17, 15) is 9.59 Å². The lowest BCUT2D eigenvalue weighted by Gasteiger charge is -2.26. The minimum Gasteiger partial charge on any atom is -0.326 e. The number of piperidine rings is 1. The molecule has 0 saturated carbocycles. The lowest BCUT2D eigenvalue weighted by atomic mass is 10.0. The van der Waals surface area contributed by atoms with Gasteiger partial charge in [0.15, 0.2) is 5.78 Å². The number of amides is 1. The van der Waals surface area contributed by atoms with Gasteiger partial charge in [-0.05, 0) is 50.6 Å². The van der Waals surface area contributed by atoms with E-state index in [2.05, 4.69) is 16.3 Å². The highest BCUT2D eigenvalue weighted by atomic mass is 16.2. The van der Waals surface area contributed by atoms with E-state index >= 15 is 0 Å². The van der Waals surface area contributed by atoms with E-state index < -0.39 is 0 Å². The molecule has 0 unspecified atom stereocenters. The summed E-state index contributed by atoms with van der Waals surface area (Å²) in [7, 11) is 0.